The van der Waals surface area contributed by atoms with Crippen LogP contribution in [0.1, 0.15) is 17.3 Å². The van der Waals surface area contributed by atoms with Gasteiger partial charge in [0.25, 0.3) is 11.8 Å². The maximum Gasteiger partial charge on any atom is 0.274 e. The Morgan fingerprint density at radius 1 is 1.16 bits per heavy atom. The van der Waals surface area contributed by atoms with Crippen molar-refractivity contribution >= 4 is 29.1 Å². The lowest BCUT2D eigenvalue weighted by Crippen LogP contribution is -2.40. The molecule has 1 atom stereocenters. The molecule has 0 saturated heterocycles. The third-order valence-electron chi connectivity index (χ3n) is 3.35. The first-order valence-electron chi connectivity index (χ1n) is 7.36. The van der Waals surface area contributed by atoms with Crippen LogP contribution in [0, 0.1) is 0 Å². The number of rotatable bonds is 6. The molecule has 0 unspecified atom stereocenters. The quantitative estimate of drug-likeness (QED) is 0.415. The lowest BCUT2D eigenvalue weighted by Gasteiger charge is -2.13. The summed E-state index contributed by atoms with van der Waals surface area (Å²) in [5.41, 5.74) is 2.98. The van der Waals surface area contributed by atoms with Crippen molar-refractivity contribution in [2.75, 3.05) is 12.4 Å². The molecule has 4 N–H and O–H groups in total. The Morgan fingerprint density at radius 2 is 1.84 bits per heavy atom. The summed E-state index contributed by atoms with van der Waals surface area (Å²) >= 11 is 6.03. The molecule has 2 aromatic rings. The molecule has 0 aliphatic rings. The van der Waals surface area contributed by atoms with Crippen LogP contribution in [0.2, 0.25) is 5.02 Å². The minimum atomic E-state index is -0.744. The van der Waals surface area contributed by atoms with Gasteiger partial charge in [0.2, 0.25) is 0 Å². The largest absolute Gasteiger partial charge is 0.495 e. The summed E-state index contributed by atoms with van der Waals surface area (Å²) in [7, 11) is 1.51. The number of anilines is 1. The van der Waals surface area contributed by atoms with Crippen LogP contribution in [0.3, 0.4) is 0 Å². The monoisotopic (exact) mass is 363 g/mol. The second-order valence-corrected chi connectivity index (χ2v) is 5.50. The van der Waals surface area contributed by atoms with Crippen molar-refractivity contribution in [3.05, 3.63) is 53.1 Å². The minimum absolute atomic E-state index is 0.305. The third kappa shape index (κ3) is 4.85. The van der Waals surface area contributed by atoms with E-state index in [9.17, 15) is 9.59 Å². The van der Waals surface area contributed by atoms with Crippen LogP contribution in [-0.2, 0) is 4.79 Å². The standard InChI is InChI=1S/C17H18ClN3O4/c1-10(16(22)21-19)25-13-6-3-11(4-7-13)17(23)20-12-5-8-15(24-2)14(18)9-12/h3-10H,19H2,1-2H3,(H,20,23)(H,21,22)/t10-/m0/s1. The van der Waals surface area contributed by atoms with Gasteiger partial charge in [0, 0.05) is 11.3 Å². The maximum absolute atomic E-state index is 12.3. The Balaban J connectivity index is 2.03. The van der Waals surface area contributed by atoms with Gasteiger partial charge < -0.3 is 14.8 Å². The number of methoxy groups -OCH3 is 1. The number of carbonyl (C=O) groups is 2. The first kappa shape index (κ1) is 18.6. The highest BCUT2D eigenvalue weighted by Gasteiger charge is 2.13. The summed E-state index contributed by atoms with van der Waals surface area (Å²) in [4.78, 5) is 23.6. The number of hydrogen-bond acceptors (Lipinski definition) is 5. The predicted octanol–water partition coefficient (Wildman–Crippen LogP) is 2.36. The molecule has 2 aromatic carbocycles. The summed E-state index contributed by atoms with van der Waals surface area (Å²) in [6, 6.07) is 11.3. The SMILES string of the molecule is COc1ccc(NC(=O)c2ccc(O[C@@H](C)C(=O)NN)cc2)cc1Cl. The molecule has 0 aliphatic carbocycles. The second kappa shape index (κ2) is 8.36. The molecular weight excluding hydrogens is 346 g/mol. The van der Waals surface area contributed by atoms with Gasteiger partial charge in [-0.3, -0.25) is 15.0 Å². The average Bonchev–Trinajstić information content (AvgIpc) is 2.61. The number of halogens is 1. The molecule has 7 nitrogen and oxygen atoms in total. The summed E-state index contributed by atoms with van der Waals surface area (Å²) in [5.74, 6) is 5.26. The first-order chi connectivity index (χ1) is 11.9. The van der Waals surface area contributed by atoms with Crippen molar-refractivity contribution in [2.45, 2.75) is 13.0 Å². The van der Waals surface area contributed by atoms with Crippen LogP contribution in [0.4, 0.5) is 5.69 Å². The Bertz CT molecular complexity index is 765. The molecule has 0 heterocycles. The number of nitrogens with two attached hydrogens (primary N) is 1. The van der Waals surface area contributed by atoms with E-state index in [2.05, 4.69) is 5.32 Å². The highest BCUT2D eigenvalue weighted by Crippen LogP contribution is 2.27. The van der Waals surface area contributed by atoms with E-state index in [0.717, 1.165) is 0 Å². The van der Waals surface area contributed by atoms with E-state index in [4.69, 9.17) is 26.9 Å². The van der Waals surface area contributed by atoms with Crippen molar-refractivity contribution in [1.29, 1.82) is 0 Å². The predicted molar refractivity (Wildman–Crippen MR) is 94.8 cm³/mol. The van der Waals surface area contributed by atoms with Crippen molar-refractivity contribution < 1.29 is 19.1 Å². The third-order valence-corrected chi connectivity index (χ3v) is 3.65. The highest BCUT2D eigenvalue weighted by molar-refractivity contribution is 6.32. The fourth-order valence-electron chi connectivity index (χ4n) is 2.01. The summed E-state index contributed by atoms with van der Waals surface area (Å²) in [5, 5.41) is 3.14. The highest BCUT2D eigenvalue weighted by atomic mass is 35.5. The van der Waals surface area contributed by atoms with Crippen molar-refractivity contribution in [3.63, 3.8) is 0 Å². The van der Waals surface area contributed by atoms with Crippen LogP contribution in [-0.4, -0.2) is 25.0 Å². The molecule has 2 rings (SSSR count). The van der Waals surface area contributed by atoms with E-state index in [0.29, 0.717) is 27.8 Å². The zero-order chi connectivity index (χ0) is 18.4. The van der Waals surface area contributed by atoms with Gasteiger partial charge in [-0.1, -0.05) is 11.6 Å². The number of hydrazine groups is 1. The van der Waals surface area contributed by atoms with Crippen LogP contribution in [0.15, 0.2) is 42.5 Å². The van der Waals surface area contributed by atoms with Crippen molar-refractivity contribution in [1.82, 2.24) is 5.43 Å². The number of carbonyl (C=O) groups excluding carboxylic acids is 2. The Morgan fingerprint density at radius 3 is 2.40 bits per heavy atom. The Kier molecular flexibility index (Phi) is 6.21. The molecule has 0 fully saturated rings. The van der Waals surface area contributed by atoms with Crippen molar-refractivity contribution in [2.24, 2.45) is 5.84 Å². The van der Waals surface area contributed by atoms with Crippen LogP contribution < -0.4 is 26.1 Å². The molecule has 8 heteroatoms. The van der Waals surface area contributed by atoms with Gasteiger partial charge in [-0.2, -0.15) is 0 Å². The van der Waals surface area contributed by atoms with Gasteiger partial charge in [0.05, 0.1) is 12.1 Å². The average molecular weight is 364 g/mol. The number of amides is 2. The van der Waals surface area contributed by atoms with Gasteiger partial charge in [0.15, 0.2) is 6.10 Å². The zero-order valence-corrected chi connectivity index (χ0v) is 14.5. The second-order valence-electron chi connectivity index (χ2n) is 5.10. The van der Waals surface area contributed by atoms with E-state index in [-0.39, 0.29) is 5.91 Å². The minimum Gasteiger partial charge on any atom is -0.495 e. The fraction of sp³-hybridized carbons (Fsp3) is 0.176. The van der Waals surface area contributed by atoms with E-state index >= 15 is 0 Å². The number of hydrogen-bond donors (Lipinski definition) is 3. The fourth-order valence-corrected chi connectivity index (χ4v) is 2.26. The summed E-state index contributed by atoms with van der Waals surface area (Å²) < 4.78 is 10.5. The Labute approximate surface area is 150 Å². The first-order valence-corrected chi connectivity index (χ1v) is 7.74. The van der Waals surface area contributed by atoms with Gasteiger partial charge in [-0.15, -0.1) is 0 Å². The molecular formula is C17H18ClN3O4. The number of benzene rings is 2. The molecule has 132 valence electrons. The number of nitrogens with one attached hydrogen (secondary N) is 2. The molecule has 0 aliphatic heterocycles. The Hall–Kier alpha value is -2.77. The zero-order valence-electron chi connectivity index (χ0n) is 13.7. The van der Waals surface area contributed by atoms with Gasteiger partial charge in [-0.25, -0.2) is 5.84 Å². The topological polar surface area (TPSA) is 103 Å². The van der Waals surface area contributed by atoms with E-state index in [1.54, 1.807) is 49.4 Å². The van der Waals surface area contributed by atoms with Gasteiger partial charge in [-0.05, 0) is 49.4 Å². The molecule has 0 aromatic heterocycles. The lowest BCUT2D eigenvalue weighted by molar-refractivity contribution is -0.127. The molecule has 2 amide bonds. The maximum atomic E-state index is 12.3. The molecule has 0 radical (unpaired) electrons. The van der Waals surface area contributed by atoms with Crippen molar-refractivity contribution in [3.8, 4) is 11.5 Å². The van der Waals surface area contributed by atoms with Crippen LogP contribution in [0.25, 0.3) is 0 Å². The smallest absolute Gasteiger partial charge is 0.274 e. The number of ether oxygens (including phenoxy) is 2. The van der Waals surface area contributed by atoms with Crippen LogP contribution >= 0.6 is 11.6 Å². The van der Waals surface area contributed by atoms with E-state index in [1.165, 1.54) is 7.11 Å². The summed E-state index contributed by atoms with van der Waals surface area (Å²) in [6.07, 6.45) is -0.744. The molecule has 0 saturated carbocycles. The normalized spacial score (nSPS) is 11.4. The lowest BCUT2D eigenvalue weighted by atomic mass is 10.2. The molecule has 0 spiro atoms. The van der Waals surface area contributed by atoms with Gasteiger partial charge >= 0.3 is 0 Å². The molecule has 25 heavy (non-hydrogen) atoms. The van der Waals surface area contributed by atoms with E-state index < -0.39 is 12.0 Å². The summed E-state index contributed by atoms with van der Waals surface area (Å²) in [6.45, 7) is 1.57. The van der Waals surface area contributed by atoms with E-state index in [1.807, 2.05) is 5.43 Å². The molecule has 0 bridgehead atoms. The van der Waals surface area contributed by atoms with Crippen LogP contribution in [0.5, 0.6) is 11.5 Å². The van der Waals surface area contributed by atoms with Gasteiger partial charge in [0.1, 0.15) is 11.5 Å².